The number of carbonyl (C=O) groups is 2. The Kier molecular flexibility index (Phi) is 6.30. The first kappa shape index (κ1) is 24.1. The number of nitrogens with one attached hydrogen (secondary N) is 1. The molecule has 0 saturated heterocycles. The fourth-order valence-corrected chi connectivity index (χ4v) is 5.51. The fraction of sp³-hybridized carbons (Fsp3) is 0.286. The number of halogens is 1. The van der Waals surface area contributed by atoms with Gasteiger partial charge in [-0.1, -0.05) is 24.3 Å². The molecule has 0 saturated carbocycles. The first-order valence-corrected chi connectivity index (χ1v) is 12.8. The molecule has 5 rings (SSSR count). The Morgan fingerprint density at radius 1 is 1.11 bits per heavy atom. The Morgan fingerprint density at radius 3 is 2.50 bits per heavy atom. The molecule has 3 heterocycles. The summed E-state index contributed by atoms with van der Waals surface area (Å²) in [6, 6.07) is 17.5. The highest BCUT2D eigenvalue weighted by atomic mass is 32.1. The van der Waals surface area contributed by atoms with Crippen LogP contribution in [-0.4, -0.2) is 32.9 Å². The number of benzene rings is 2. The van der Waals surface area contributed by atoms with Crippen LogP contribution in [0.3, 0.4) is 0 Å². The van der Waals surface area contributed by atoms with E-state index < -0.39 is 5.54 Å². The van der Waals surface area contributed by atoms with Gasteiger partial charge in [-0.15, -0.1) is 11.3 Å². The lowest BCUT2D eigenvalue weighted by Crippen LogP contribution is -2.63. The average Bonchev–Trinajstić information content (AvgIpc) is 3.44. The summed E-state index contributed by atoms with van der Waals surface area (Å²) in [5.41, 5.74) is 1.14. The summed E-state index contributed by atoms with van der Waals surface area (Å²) < 4.78 is 21.0. The van der Waals surface area contributed by atoms with Crippen molar-refractivity contribution < 1.29 is 18.7 Å². The van der Waals surface area contributed by atoms with Gasteiger partial charge in [-0.05, 0) is 73.7 Å². The molecule has 0 fully saturated rings. The molecule has 1 aliphatic rings. The van der Waals surface area contributed by atoms with Crippen LogP contribution >= 0.6 is 11.3 Å². The number of rotatable bonds is 7. The number of hydrogen-bond donors (Lipinski definition) is 1. The second-order valence-electron chi connectivity index (χ2n) is 9.58. The third kappa shape index (κ3) is 4.48. The molecule has 1 aliphatic heterocycles. The van der Waals surface area contributed by atoms with E-state index in [0.29, 0.717) is 12.2 Å². The van der Waals surface area contributed by atoms with Gasteiger partial charge < -0.3 is 19.5 Å². The van der Waals surface area contributed by atoms with Gasteiger partial charge >= 0.3 is 0 Å². The van der Waals surface area contributed by atoms with Crippen LogP contribution in [0.1, 0.15) is 42.4 Å². The van der Waals surface area contributed by atoms with Gasteiger partial charge in [0.2, 0.25) is 5.91 Å². The van der Waals surface area contributed by atoms with Crippen molar-refractivity contribution in [2.24, 2.45) is 0 Å². The number of nitrogens with zero attached hydrogens (tertiary/aromatic N) is 2. The third-order valence-corrected chi connectivity index (χ3v) is 7.47. The molecular weight excluding hydrogens is 477 g/mol. The Bertz CT molecular complexity index is 1410. The molecule has 1 atom stereocenters. The zero-order chi connectivity index (χ0) is 25.4. The normalized spacial score (nSPS) is 17.5. The topological polar surface area (TPSA) is 63.6 Å². The molecule has 8 heteroatoms. The first-order valence-electron chi connectivity index (χ1n) is 11.9. The molecule has 36 heavy (non-hydrogen) atoms. The first-order chi connectivity index (χ1) is 17.2. The molecule has 0 bridgehead atoms. The number of hydrogen-bond acceptors (Lipinski definition) is 4. The smallest absolute Gasteiger partial charge is 0.271 e. The molecule has 1 N–H and O–H groups in total. The van der Waals surface area contributed by atoms with Gasteiger partial charge in [0.25, 0.3) is 5.91 Å². The Hall–Kier alpha value is -3.65. The third-order valence-electron chi connectivity index (χ3n) is 6.52. The predicted octanol–water partition coefficient (Wildman–Crippen LogP) is 5.36. The second-order valence-corrected chi connectivity index (χ2v) is 10.5. The highest BCUT2D eigenvalue weighted by Gasteiger charge is 2.47. The van der Waals surface area contributed by atoms with E-state index in [9.17, 15) is 14.0 Å². The molecular formula is C28H28FN3O3S. The lowest BCUT2D eigenvalue weighted by atomic mass is 9.93. The SMILES string of the molecule is CC(C)Oc1ccc(CN2C(=O)c3cc4ccsc4n3CC2(C)C(=O)NCc2ccc(F)cc2)cc1. The van der Waals surface area contributed by atoms with Gasteiger partial charge in [0, 0.05) is 18.5 Å². The molecule has 0 aliphatic carbocycles. The minimum atomic E-state index is -1.13. The standard InChI is InChI=1S/C28H28FN3O3S/c1-18(2)35-23-10-6-20(7-11-23)16-32-25(33)24-14-21-12-13-36-26(21)31(24)17-28(32,3)27(34)30-15-19-4-8-22(29)9-5-19/h4-14,18H,15-17H2,1-3H3,(H,30,34). The zero-order valence-electron chi connectivity index (χ0n) is 20.5. The maximum Gasteiger partial charge on any atom is 0.271 e. The van der Waals surface area contributed by atoms with Crippen LogP contribution in [0.25, 0.3) is 10.2 Å². The van der Waals surface area contributed by atoms with Crippen molar-refractivity contribution in [2.45, 2.75) is 52.0 Å². The van der Waals surface area contributed by atoms with Crippen LogP contribution in [0.5, 0.6) is 5.75 Å². The maximum absolute atomic E-state index is 13.8. The number of aromatic nitrogens is 1. The van der Waals surface area contributed by atoms with Crippen LogP contribution in [0.4, 0.5) is 4.39 Å². The molecule has 1 unspecified atom stereocenters. The van der Waals surface area contributed by atoms with E-state index >= 15 is 0 Å². The van der Waals surface area contributed by atoms with Crippen molar-refractivity contribution in [1.82, 2.24) is 14.8 Å². The van der Waals surface area contributed by atoms with Gasteiger partial charge in [0.15, 0.2) is 0 Å². The van der Waals surface area contributed by atoms with Crippen LogP contribution in [0.2, 0.25) is 0 Å². The average molecular weight is 506 g/mol. The monoisotopic (exact) mass is 505 g/mol. The molecule has 2 amide bonds. The number of thiophene rings is 1. The minimum absolute atomic E-state index is 0.0641. The van der Waals surface area contributed by atoms with Gasteiger partial charge in [-0.25, -0.2) is 4.39 Å². The van der Waals surface area contributed by atoms with Gasteiger partial charge in [0.1, 0.15) is 27.6 Å². The zero-order valence-corrected chi connectivity index (χ0v) is 21.3. The summed E-state index contributed by atoms with van der Waals surface area (Å²) in [5.74, 6) is -0.0192. The van der Waals surface area contributed by atoms with Gasteiger partial charge in [-0.3, -0.25) is 9.59 Å². The van der Waals surface area contributed by atoms with E-state index in [-0.39, 0.29) is 36.8 Å². The number of amides is 2. The van der Waals surface area contributed by atoms with Crippen LogP contribution < -0.4 is 10.1 Å². The maximum atomic E-state index is 13.8. The van der Waals surface area contributed by atoms with Crippen molar-refractivity contribution in [3.05, 3.63) is 88.7 Å². The highest BCUT2D eigenvalue weighted by Crippen LogP contribution is 2.35. The minimum Gasteiger partial charge on any atom is -0.491 e. The van der Waals surface area contributed by atoms with Crippen LogP contribution in [-0.2, 0) is 24.4 Å². The molecule has 0 radical (unpaired) electrons. The van der Waals surface area contributed by atoms with Crippen molar-refractivity contribution >= 4 is 33.4 Å². The number of ether oxygens (including phenoxy) is 1. The second kappa shape index (κ2) is 9.43. The fourth-order valence-electron chi connectivity index (χ4n) is 4.61. The summed E-state index contributed by atoms with van der Waals surface area (Å²) in [4.78, 5) is 30.1. The lowest BCUT2D eigenvalue weighted by molar-refractivity contribution is -0.133. The summed E-state index contributed by atoms with van der Waals surface area (Å²) in [5, 5.41) is 5.96. The van der Waals surface area contributed by atoms with E-state index in [1.54, 1.807) is 28.4 Å². The summed E-state index contributed by atoms with van der Waals surface area (Å²) >= 11 is 1.56. The molecule has 2 aromatic carbocycles. The Balaban J connectivity index is 1.45. The predicted molar refractivity (Wildman–Crippen MR) is 139 cm³/mol. The quantitative estimate of drug-likeness (QED) is 0.368. The van der Waals surface area contributed by atoms with Crippen molar-refractivity contribution in [1.29, 1.82) is 0 Å². The lowest BCUT2D eigenvalue weighted by Gasteiger charge is -2.44. The van der Waals surface area contributed by atoms with Crippen molar-refractivity contribution in [2.75, 3.05) is 0 Å². The Labute approximate surface area is 213 Å². The van der Waals surface area contributed by atoms with E-state index in [1.165, 1.54) is 12.1 Å². The molecule has 6 nitrogen and oxygen atoms in total. The van der Waals surface area contributed by atoms with Crippen LogP contribution in [0, 0.1) is 5.82 Å². The van der Waals surface area contributed by atoms with E-state index in [2.05, 4.69) is 5.32 Å². The van der Waals surface area contributed by atoms with Crippen molar-refractivity contribution in [3.63, 3.8) is 0 Å². The van der Waals surface area contributed by atoms with Gasteiger partial charge in [0.05, 0.1) is 12.6 Å². The summed E-state index contributed by atoms with van der Waals surface area (Å²) in [7, 11) is 0. The molecule has 2 aromatic heterocycles. The van der Waals surface area contributed by atoms with Gasteiger partial charge in [-0.2, -0.15) is 0 Å². The molecule has 186 valence electrons. The summed E-state index contributed by atoms with van der Waals surface area (Å²) in [6.45, 7) is 6.60. The van der Waals surface area contributed by atoms with Crippen molar-refractivity contribution in [3.8, 4) is 5.75 Å². The van der Waals surface area contributed by atoms with Crippen LogP contribution in [0.15, 0.2) is 66.0 Å². The Morgan fingerprint density at radius 2 is 1.81 bits per heavy atom. The van der Waals surface area contributed by atoms with E-state index in [0.717, 1.165) is 27.1 Å². The molecule has 0 spiro atoms. The number of carbonyl (C=O) groups excluding carboxylic acids is 2. The highest BCUT2D eigenvalue weighted by molar-refractivity contribution is 7.16. The molecule has 4 aromatic rings. The van der Waals surface area contributed by atoms with E-state index in [1.807, 2.05) is 67.1 Å². The van der Waals surface area contributed by atoms with E-state index in [4.69, 9.17) is 4.74 Å². The largest absolute Gasteiger partial charge is 0.491 e. The number of fused-ring (bicyclic) bond motifs is 3. The summed E-state index contributed by atoms with van der Waals surface area (Å²) in [6.07, 6.45) is 0.0641.